The molecule has 1 aliphatic heterocycles. The summed E-state index contributed by atoms with van der Waals surface area (Å²) in [4.78, 5) is 42.8. The van der Waals surface area contributed by atoms with Crippen LogP contribution in [0.2, 0.25) is 0 Å². The van der Waals surface area contributed by atoms with Crippen LogP contribution in [0.5, 0.6) is 0 Å². The van der Waals surface area contributed by atoms with E-state index in [1.807, 2.05) is 6.92 Å². The number of aromatic carboxylic acids is 1. The smallest absolute Gasteiger partial charge is 0.335 e. The minimum absolute atomic E-state index is 0.0467. The fourth-order valence-corrected chi connectivity index (χ4v) is 4.03. The third-order valence-corrected chi connectivity index (χ3v) is 5.53. The van der Waals surface area contributed by atoms with Crippen LogP contribution in [0.25, 0.3) is 6.08 Å². The zero-order chi connectivity index (χ0) is 22.7. The van der Waals surface area contributed by atoms with Gasteiger partial charge in [0.15, 0.2) is 5.17 Å². The summed E-state index contributed by atoms with van der Waals surface area (Å²) in [5, 5.41) is 20.9. The largest absolute Gasteiger partial charge is 0.478 e. The normalized spacial score (nSPS) is 16.2. The number of nitrogens with zero attached hydrogens (tertiary/aromatic N) is 4. The van der Waals surface area contributed by atoms with Crippen molar-refractivity contribution in [2.24, 2.45) is 4.99 Å². The molecule has 1 amide bonds. The number of likely N-dealkylation sites (N-methyl/N-ethyl adjacent to an activating group) is 1. The number of thioether (sulfide) groups is 1. The molecule has 0 atom stereocenters. The van der Waals surface area contributed by atoms with Crippen LogP contribution in [0.15, 0.2) is 52.4 Å². The lowest BCUT2D eigenvalue weighted by Gasteiger charge is -2.13. The van der Waals surface area contributed by atoms with Gasteiger partial charge in [0.2, 0.25) is 0 Å². The van der Waals surface area contributed by atoms with Gasteiger partial charge in [-0.25, -0.2) is 9.79 Å². The van der Waals surface area contributed by atoms with Crippen molar-refractivity contribution in [1.82, 2.24) is 4.90 Å². The Bertz CT molecular complexity index is 1110. The number of rotatable bonds is 6. The number of amides is 1. The first-order valence-electron chi connectivity index (χ1n) is 9.30. The van der Waals surface area contributed by atoms with Crippen LogP contribution >= 0.6 is 11.8 Å². The predicted molar refractivity (Wildman–Crippen MR) is 121 cm³/mol. The van der Waals surface area contributed by atoms with E-state index in [0.717, 1.165) is 0 Å². The van der Waals surface area contributed by atoms with Gasteiger partial charge in [-0.1, -0.05) is 6.07 Å². The van der Waals surface area contributed by atoms with Crippen LogP contribution in [0, 0.1) is 10.1 Å². The average molecular weight is 440 g/mol. The van der Waals surface area contributed by atoms with Gasteiger partial charge in [0, 0.05) is 26.7 Å². The molecular weight excluding hydrogens is 420 g/mol. The minimum atomic E-state index is -1.03. The van der Waals surface area contributed by atoms with Crippen LogP contribution < -0.4 is 4.90 Å². The van der Waals surface area contributed by atoms with Gasteiger partial charge in [-0.15, -0.1) is 0 Å². The highest BCUT2D eigenvalue weighted by atomic mass is 32.2. The summed E-state index contributed by atoms with van der Waals surface area (Å²) < 4.78 is 0. The molecule has 31 heavy (non-hydrogen) atoms. The van der Waals surface area contributed by atoms with Crippen LogP contribution in [0.3, 0.4) is 0 Å². The number of carbonyl (C=O) groups is 2. The second-order valence-corrected chi connectivity index (χ2v) is 7.82. The molecule has 1 heterocycles. The van der Waals surface area contributed by atoms with Gasteiger partial charge in [-0.3, -0.25) is 19.8 Å². The maximum absolute atomic E-state index is 12.8. The molecule has 0 aliphatic carbocycles. The number of carboxylic acids is 1. The van der Waals surface area contributed by atoms with Crippen molar-refractivity contribution in [2.75, 3.05) is 25.5 Å². The maximum atomic E-state index is 12.8. The number of nitro groups is 1. The second-order valence-electron chi connectivity index (χ2n) is 6.81. The molecule has 10 heteroatoms. The molecule has 1 saturated heterocycles. The molecular formula is C21H20N4O5S. The van der Waals surface area contributed by atoms with Crippen molar-refractivity contribution in [3.8, 4) is 0 Å². The number of aliphatic imine (C=N–C) groups is 1. The molecule has 1 N–H and O–H groups in total. The predicted octanol–water partition coefficient (Wildman–Crippen LogP) is 3.98. The molecule has 9 nitrogen and oxygen atoms in total. The average Bonchev–Trinajstić information content (AvgIpc) is 3.02. The van der Waals surface area contributed by atoms with Crippen LogP contribution in [-0.2, 0) is 4.79 Å². The van der Waals surface area contributed by atoms with E-state index in [0.29, 0.717) is 33.6 Å². The molecule has 0 aromatic heterocycles. The molecule has 2 aromatic rings. The fourth-order valence-electron chi connectivity index (χ4n) is 2.97. The van der Waals surface area contributed by atoms with Crippen LogP contribution in [0.4, 0.5) is 17.1 Å². The van der Waals surface area contributed by atoms with Crippen molar-refractivity contribution in [2.45, 2.75) is 6.92 Å². The summed E-state index contributed by atoms with van der Waals surface area (Å²) in [6.45, 7) is 2.22. The number of hydrogen-bond donors (Lipinski definition) is 1. The van der Waals surface area contributed by atoms with Crippen molar-refractivity contribution >= 4 is 51.9 Å². The lowest BCUT2D eigenvalue weighted by atomic mass is 10.1. The molecule has 0 radical (unpaired) electrons. The first kappa shape index (κ1) is 22.0. The molecule has 0 bridgehead atoms. The third-order valence-electron chi connectivity index (χ3n) is 4.52. The highest BCUT2D eigenvalue weighted by Crippen LogP contribution is 2.35. The van der Waals surface area contributed by atoms with Crippen LogP contribution in [0.1, 0.15) is 22.8 Å². The number of carbonyl (C=O) groups excluding carboxylic acids is 1. The molecule has 0 unspecified atom stereocenters. The lowest BCUT2D eigenvalue weighted by molar-refractivity contribution is -0.384. The van der Waals surface area contributed by atoms with E-state index in [-0.39, 0.29) is 17.2 Å². The summed E-state index contributed by atoms with van der Waals surface area (Å²) in [5.41, 5.74) is 1.63. The van der Waals surface area contributed by atoms with E-state index in [9.17, 15) is 19.7 Å². The number of hydrogen-bond acceptors (Lipinski definition) is 7. The number of benzene rings is 2. The van der Waals surface area contributed by atoms with E-state index in [2.05, 4.69) is 4.99 Å². The van der Waals surface area contributed by atoms with E-state index in [1.54, 1.807) is 49.3 Å². The Labute approximate surface area is 182 Å². The van der Waals surface area contributed by atoms with Gasteiger partial charge in [-0.2, -0.15) is 0 Å². The summed E-state index contributed by atoms with van der Waals surface area (Å²) in [7, 11) is 3.45. The molecule has 3 rings (SSSR count). The Balaban J connectivity index is 1.94. The van der Waals surface area contributed by atoms with E-state index < -0.39 is 10.9 Å². The molecule has 1 fully saturated rings. The first-order chi connectivity index (χ1) is 14.7. The number of nitro benzene ring substituents is 1. The summed E-state index contributed by atoms with van der Waals surface area (Å²) in [5.74, 6) is -1.27. The zero-order valence-electron chi connectivity index (χ0n) is 17.1. The highest BCUT2D eigenvalue weighted by molar-refractivity contribution is 8.18. The SMILES string of the molecule is CCN1C(=O)/C(=C\c2ccc(N(C)C)c([N+](=O)[O-])c2)SC1=Nc1ccc(C(=O)O)cc1. The Morgan fingerprint density at radius 2 is 1.94 bits per heavy atom. The summed E-state index contributed by atoms with van der Waals surface area (Å²) in [6.07, 6.45) is 1.61. The highest BCUT2D eigenvalue weighted by Gasteiger charge is 2.32. The van der Waals surface area contributed by atoms with Crippen molar-refractivity contribution < 1.29 is 19.6 Å². The zero-order valence-corrected chi connectivity index (χ0v) is 17.9. The topological polar surface area (TPSA) is 116 Å². The number of anilines is 1. The molecule has 160 valence electrons. The maximum Gasteiger partial charge on any atom is 0.335 e. The van der Waals surface area contributed by atoms with Crippen LogP contribution in [-0.4, -0.2) is 52.6 Å². The molecule has 1 aliphatic rings. The van der Waals surface area contributed by atoms with E-state index in [1.165, 1.54) is 34.9 Å². The van der Waals surface area contributed by atoms with Gasteiger partial charge >= 0.3 is 5.97 Å². The monoisotopic (exact) mass is 440 g/mol. The summed E-state index contributed by atoms with van der Waals surface area (Å²) in [6, 6.07) is 10.8. The van der Waals surface area contributed by atoms with E-state index >= 15 is 0 Å². The first-order valence-corrected chi connectivity index (χ1v) is 10.1. The van der Waals surface area contributed by atoms with Gasteiger partial charge in [-0.05, 0) is 60.7 Å². The quantitative estimate of drug-likeness (QED) is 0.410. The third kappa shape index (κ3) is 4.75. The van der Waals surface area contributed by atoms with Gasteiger partial charge in [0.05, 0.1) is 21.1 Å². The number of carboxylic acid groups (broad SMARTS) is 1. The van der Waals surface area contributed by atoms with Gasteiger partial charge < -0.3 is 10.0 Å². The second kappa shape index (κ2) is 9.00. The standard InChI is InChI=1S/C21H20N4O5S/c1-4-24-19(26)18(12-13-5-10-16(23(2)3)17(11-13)25(29)30)31-21(24)22-15-8-6-14(7-9-15)20(27)28/h5-12H,4H2,1-3H3,(H,27,28)/b18-12+,22-21?. The minimum Gasteiger partial charge on any atom is -0.478 e. The van der Waals surface area contributed by atoms with E-state index in [4.69, 9.17) is 5.11 Å². The summed E-state index contributed by atoms with van der Waals surface area (Å²) >= 11 is 1.17. The number of amidine groups is 1. The molecule has 0 spiro atoms. The van der Waals surface area contributed by atoms with Crippen molar-refractivity contribution in [3.05, 3.63) is 68.6 Å². The molecule has 2 aromatic carbocycles. The Hall–Kier alpha value is -3.66. The van der Waals surface area contributed by atoms with Gasteiger partial charge in [0.25, 0.3) is 11.6 Å². The fraction of sp³-hybridized carbons (Fsp3) is 0.190. The molecule has 0 saturated carbocycles. The lowest BCUT2D eigenvalue weighted by Crippen LogP contribution is -2.28. The Morgan fingerprint density at radius 1 is 1.26 bits per heavy atom. The Morgan fingerprint density at radius 3 is 2.48 bits per heavy atom. The van der Waals surface area contributed by atoms with Crippen molar-refractivity contribution in [1.29, 1.82) is 0 Å². The van der Waals surface area contributed by atoms with Crippen molar-refractivity contribution in [3.63, 3.8) is 0 Å². The van der Waals surface area contributed by atoms with Gasteiger partial charge in [0.1, 0.15) is 5.69 Å². The Kier molecular flexibility index (Phi) is 6.40.